The summed E-state index contributed by atoms with van der Waals surface area (Å²) in [6.07, 6.45) is 5.62. The minimum Gasteiger partial charge on any atom is -0.497 e. The number of carbonyl (C=O) groups excluding carboxylic acids is 1. The van der Waals surface area contributed by atoms with Crippen LogP contribution in [0.1, 0.15) is 44.1 Å². The Labute approximate surface area is 142 Å². The van der Waals surface area contributed by atoms with Gasteiger partial charge in [0.05, 0.1) is 19.9 Å². The first-order chi connectivity index (χ1) is 11.7. The number of oxime groups is 1. The average molecular weight is 332 g/mol. The van der Waals surface area contributed by atoms with E-state index in [0.29, 0.717) is 17.9 Å². The zero-order valence-corrected chi connectivity index (χ0v) is 14.2. The highest BCUT2D eigenvalue weighted by atomic mass is 16.6. The molecule has 1 aliphatic heterocycles. The van der Waals surface area contributed by atoms with E-state index < -0.39 is 6.10 Å². The molecule has 0 bridgehead atoms. The molecule has 0 spiro atoms. The fourth-order valence-corrected chi connectivity index (χ4v) is 3.26. The third kappa shape index (κ3) is 3.63. The van der Waals surface area contributed by atoms with Gasteiger partial charge in [-0.15, -0.1) is 0 Å². The van der Waals surface area contributed by atoms with Gasteiger partial charge in [-0.25, -0.2) is 0 Å². The van der Waals surface area contributed by atoms with Crippen LogP contribution in [0.25, 0.3) is 0 Å². The van der Waals surface area contributed by atoms with Crippen LogP contribution in [0.4, 0.5) is 0 Å². The molecule has 1 fully saturated rings. The summed E-state index contributed by atoms with van der Waals surface area (Å²) in [4.78, 5) is 17.8. The van der Waals surface area contributed by atoms with Gasteiger partial charge in [0.15, 0.2) is 0 Å². The number of benzene rings is 1. The summed E-state index contributed by atoms with van der Waals surface area (Å²) in [5, 5.41) is 7.19. The van der Waals surface area contributed by atoms with Crippen molar-refractivity contribution < 1.29 is 19.1 Å². The minimum atomic E-state index is -0.561. The van der Waals surface area contributed by atoms with Crippen molar-refractivity contribution >= 4 is 11.6 Å². The summed E-state index contributed by atoms with van der Waals surface area (Å²) in [5.41, 5.74) is 1.55. The number of amides is 1. The fraction of sp³-hybridized carbons (Fsp3) is 0.556. The van der Waals surface area contributed by atoms with E-state index in [1.165, 1.54) is 19.3 Å². The largest absolute Gasteiger partial charge is 0.497 e. The number of nitrogens with zero attached hydrogens (tertiary/aromatic N) is 1. The van der Waals surface area contributed by atoms with Gasteiger partial charge in [0.2, 0.25) is 6.10 Å². The Morgan fingerprint density at radius 1 is 1.21 bits per heavy atom. The first-order valence-electron chi connectivity index (χ1n) is 8.46. The second kappa shape index (κ2) is 7.55. The Morgan fingerprint density at radius 2 is 2.00 bits per heavy atom. The first-order valence-corrected chi connectivity index (χ1v) is 8.46. The van der Waals surface area contributed by atoms with E-state index in [9.17, 15) is 4.79 Å². The van der Waals surface area contributed by atoms with E-state index in [1.807, 2.05) is 12.1 Å². The molecule has 1 heterocycles. The van der Waals surface area contributed by atoms with E-state index in [-0.39, 0.29) is 11.9 Å². The van der Waals surface area contributed by atoms with Gasteiger partial charge in [0, 0.05) is 24.1 Å². The number of ether oxygens (including phenoxy) is 2. The van der Waals surface area contributed by atoms with Crippen molar-refractivity contribution in [3.05, 3.63) is 23.8 Å². The van der Waals surface area contributed by atoms with Crippen molar-refractivity contribution in [2.24, 2.45) is 5.16 Å². The summed E-state index contributed by atoms with van der Waals surface area (Å²) in [6.45, 7) is 0. The van der Waals surface area contributed by atoms with Crippen LogP contribution in [0.3, 0.4) is 0 Å². The molecule has 0 saturated heterocycles. The van der Waals surface area contributed by atoms with E-state index in [0.717, 1.165) is 24.1 Å². The monoisotopic (exact) mass is 332 g/mol. The number of hydrogen-bond donors (Lipinski definition) is 1. The van der Waals surface area contributed by atoms with Crippen molar-refractivity contribution in [1.82, 2.24) is 5.32 Å². The summed E-state index contributed by atoms with van der Waals surface area (Å²) in [6, 6.07) is 5.79. The standard InChI is InChI=1S/C18H24N2O4/c1-22-13-8-9-14(16(10-13)23-2)15-11-17(24-20-15)18(21)19-12-6-4-3-5-7-12/h8-10,12,17H,3-7,11H2,1-2H3,(H,19,21)/t17-/m0/s1. The summed E-state index contributed by atoms with van der Waals surface area (Å²) in [7, 11) is 3.21. The van der Waals surface area contributed by atoms with Crippen LogP contribution in [-0.4, -0.2) is 38.0 Å². The Balaban J connectivity index is 1.63. The first kappa shape index (κ1) is 16.6. The van der Waals surface area contributed by atoms with Crippen LogP contribution in [0, 0.1) is 0 Å². The fourth-order valence-electron chi connectivity index (χ4n) is 3.26. The van der Waals surface area contributed by atoms with Crippen molar-refractivity contribution in [1.29, 1.82) is 0 Å². The molecule has 24 heavy (non-hydrogen) atoms. The van der Waals surface area contributed by atoms with Crippen LogP contribution in [-0.2, 0) is 9.63 Å². The van der Waals surface area contributed by atoms with Crippen LogP contribution < -0.4 is 14.8 Å². The lowest BCUT2D eigenvalue weighted by molar-refractivity contribution is -0.132. The topological polar surface area (TPSA) is 69.2 Å². The normalized spacial score (nSPS) is 20.9. The van der Waals surface area contributed by atoms with E-state index in [1.54, 1.807) is 20.3 Å². The maximum absolute atomic E-state index is 12.4. The van der Waals surface area contributed by atoms with Crippen molar-refractivity contribution in [2.75, 3.05) is 14.2 Å². The molecule has 1 aromatic carbocycles. The summed E-state index contributed by atoms with van der Waals surface area (Å²) >= 11 is 0. The number of hydrogen-bond acceptors (Lipinski definition) is 5. The smallest absolute Gasteiger partial charge is 0.264 e. The van der Waals surface area contributed by atoms with Gasteiger partial charge in [-0.3, -0.25) is 4.79 Å². The number of carbonyl (C=O) groups is 1. The lowest BCUT2D eigenvalue weighted by atomic mass is 9.95. The predicted octanol–water partition coefficient (Wildman–Crippen LogP) is 2.65. The zero-order valence-electron chi connectivity index (χ0n) is 14.2. The van der Waals surface area contributed by atoms with Gasteiger partial charge in [-0.05, 0) is 25.0 Å². The van der Waals surface area contributed by atoms with Gasteiger partial charge in [0.1, 0.15) is 11.5 Å². The molecular weight excluding hydrogens is 308 g/mol. The van der Waals surface area contributed by atoms with Gasteiger partial charge in [-0.1, -0.05) is 24.4 Å². The highest BCUT2D eigenvalue weighted by molar-refractivity contribution is 6.06. The molecular formula is C18H24N2O4. The molecule has 0 aromatic heterocycles. The summed E-state index contributed by atoms with van der Waals surface area (Å²) < 4.78 is 10.6. The number of nitrogens with one attached hydrogen (secondary N) is 1. The van der Waals surface area contributed by atoms with Crippen LogP contribution in [0.5, 0.6) is 11.5 Å². The molecule has 1 saturated carbocycles. The Morgan fingerprint density at radius 3 is 2.71 bits per heavy atom. The Hall–Kier alpha value is -2.24. The number of methoxy groups -OCH3 is 2. The third-order valence-electron chi connectivity index (χ3n) is 4.63. The molecule has 1 aromatic rings. The molecule has 1 amide bonds. The lowest BCUT2D eigenvalue weighted by Crippen LogP contribution is -2.42. The van der Waals surface area contributed by atoms with Crippen LogP contribution in [0.2, 0.25) is 0 Å². The molecule has 0 unspecified atom stereocenters. The van der Waals surface area contributed by atoms with Gasteiger partial charge in [-0.2, -0.15) is 0 Å². The van der Waals surface area contributed by atoms with Gasteiger partial charge >= 0.3 is 0 Å². The maximum atomic E-state index is 12.4. The average Bonchev–Trinajstić information content (AvgIpc) is 3.12. The minimum absolute atomic E-state index is 0.0758. The van der Waals surface area contributed by atoms with Crippen molar-refractivity contribution in [3.8, 4) is 11.5 Å². The molecule has 1 N–H and O–H groups in total. The Bertz CT molecular complexity index is 623. The van der Waals surface area contributed by atoms with Crippen molar-refractivity contribution in [3.63, 3.8) is 0 Å². The maximum Gasteiger partial charge on any atom is 0.264 e. The quantitative estimate of drug-likeness (QED) is 0.900. The highest BCUT2D eigenvalue weighted by Crippen LogP contribution is 2.29. The molecule has 2 aliphatic rings. The lowest BCUT2D eigenvalue weighted by Gasteiger charge is -2.23. The van der Waals surface area contributed by atoms with E-state index in [4.69, 9.17) is 14.3 Å². The molecule has 130 valence electrons. The summed E-state index contributed by atoms with van der Waals surface area (Å²) in [5.74, 6) is 1.29. The van der Waals surface area contributed by atoms with Crippen LogP contribution >= 0.6 is 0 Å². The number of rotatable bonds is 5. The van der Waals surface area contributed by atoms with E-state index >= 15 is 0 Å². The second-order valence-corrected chi connectivity index (χ2v) is 6.25. The zero-order chi connectivity index (χ0) is 16.9. The Kier molecular flexibility index (Phi) is 5.23. The predicted molar refractivity (Wildman–Crippen MR) is 90.6 cm³/mol. The molecule has 1 aliphatic carbocycles. The molecule has 1 atom stereocenters. The highest BCUT2D eigenvalue weighted by Gasteiger charge is 2.31. The molecule has 0 radical (unpaired) electrons. The molecule has 6 nitrogen and oxygen atoms in total. The SMILES string of the molecule is COc1ccc(C2=NO[C@H](C(=O)NC3CCCCC3)C2)c(OC)c1. The van der Waals surface area contributed by atoms with Gasteiger partial charge < -0.3 is 19.6 Å². The molecule has 3 rings (SSSR count). The van der Waals surface area contributed by atoms with Gasteiger partial charge in [0.25, 0.3) is 5.91 Å². The van der Waals surface area contributed by atoms with E-state index in [2.05, 4.69) is 10.5 Å². The van der Waals surface area contributed by atoms with Crippen molar-refractivity contribution in [2.45, 2.75) is 50.7 Å². The third-order valence-corrected chi connectivity index (χ3v) is 4.63. The molecule has 6 heteroatoms. The van der Waals surface area contributed by atoms with Crippen LogP contribution in [0.15, 0.2) is 23.4 Å². The second-order valence-electron chi connectivity index (χ2n) is 6.25.